The summed E-state index contributed by atoms with van der Waals surface area (Å²) < 4.78 is 5.89. The molecule has 3 aromatic carbocycles. The van der Waals surface area contributed by atoms with Gasteiger partial charge in [-0.1, -0.05) is 17.7 Å². The van der Waals surface area contributed by atoms with E-state index in [9.17, 15) is 14.9 Å². The summed E-state index contributed by atoms with van der Waals surface area (Å²) in [4.78, 5) is 30.5. The number of amides is 1. The summed E-state index contributed by atoms with van der Waals surface area (Å²) in [5.74, 6) is -0.114. The standard InChI is InChI=1S/C26H22ClN5O4S/c1-15-18(25-28-20-14-17(27)8-10-23(20)36-25)5-4-6-19(15)29-26(37)30-24(33)16-7-9-21(22(13-16)32(34)35)31-11-2-3-12-31/h4-10,13-14H,2-3,11-12H2,1H3,(H2,29,30,33,37). The lowest BCUT2D eigenvalue weighted by molar-refractivity contribution is -0.384. The third kappa shape index (κ3) is 5.11. The number of aromatic nitrogens is 1. The highest BCUT2D eigenvalue weighted by molar-refractivity contribution is 7.80. The van der Waals surface area contributed by atoms with Crippen molar-refractivity contribution in [3.8, 4) is 11.5 Å². The van der Waals surface area contributed by atoms with Gasteiger partial charge in [-0.25, -0.2) is 4.98 Å². The smallest absolute Gasteiger partial charge is 0.293 e. The van der Waals surface area contributed by atoms with E-state index in [4.69, 9.17) is 28.2 Å². The number of thiocarbonyl (C=S) groups is 1. The van der Waals surface area contributed by atoms with Crippen LogP contribution in [-0.4, -0.2) is 34.0 Å². The lowest BCUT2D eigenvalue weighted by atomic mass is 10.1. The van der Waals surface area contributed by atoms with E-state index < -0.39 is 10.8 Å². The van der Waals surface area contributed by atoms with Crippen LogP contribution < -0.4 is 15.5 Å². The number of benzene rings is 3. The van der Waals surface area contributed by atoms with Crippen LogP contribution in [0.3, 0.4) is 0 Å². The van der Waals surface area contributed by atoms with Gasteiger partial charge >= 0.3 is 0 Å². The lowest BCUT2D eigenvalue weighted by Gasteiger charge is -2.18. The number of carbonyl (C=O) groups is 1. The lowest BCUT2D eigenvalue weighted by Crippen LogP contribution is -2.34. The van der Waals surface area contributed by atoms with E-state index in [-0.39, 0.29) is 16.4 Å². The molecule has 1 fully saturated rings. The Morgan fingerprint density at radius 3 is 2.70 bits per heavy atom. The fourth-order valence-corrected chi connectivity index (χ4v) is 4.75. The van der Waals surface area contributed by atoms with Crippen LogP contribution in [0, 0.1) is 17.0 Å². The summed E-state index contributed by atoms with van der Waals surface area (Å²) in [7, 11) is 0. The average molecular weight is 536 g/mol. The van der Waals surface area contributed by atoms with Gasteiger partial charge in [-0.05, 0) is 80.0 Å². The van der Waals surface area contributed by atoms with Crippen LogP contribution in [0.25, 0.3) is 22.6 Å². The van der Waals surface area contributed by atoms with Crippen LogP contribution in [0.4, 0.5) is 17.1 Å². The van der Waals surface area contributed by atoms with Crippen molar-refractivity contribution in [1.29, 1.82) is 0 Å². The minimum atomic E-state index is -0.543. The van der Waals surface area contributed by atoms with Gasteiger partial charge < -0.3 is 14.6 Å². The number of fused-ring (bicyclic) bond motifs is 1. The topological polar surface area (TPSA) is 114 Å². The summed E-state index contributed by atoms with van der Waals surface area (Å²) in [6.45, 7) is 3.40. The van der Waals surface area contributed by atoms with E-state index in [1.54, 1.807) is 30.3 Å². The Labute approximate surface area is 222 Å². The number of hydrogen-bond donors (Lipinski definition) is 2. The van der Waals surface area contributed by atoms with Gasteiger partial charge in [-0.2, -0.15) is 0 Å². The number of halogens is 1. The molecule has 1 amide bonds. The molecule has 188 valence electrons. The van der Waals surface area contributed by atoms with E-state index >= 15 is 0 Å². The van der Waals surface area contributed by atoms with Gasteiger partial charge in [0.05, 0.1) is 4.92 Å². The van der Waals surface area contributed by atoms with Crippen LogP contribution >= 0.6 is 23.8 Å². The normalized spacial score (nSPS) is 13.1. The number of nitro benzene ring substituents is 1. The van der Waals surface area contributed by atoms with Crippen molar-refractivity contribution in [3.63, 3.8) is 0 Å². The molecule has 1 aliphatic heterocycles. The first-order valence-electron chi connectivity index (χ1n) is 11.6. The highest BCUT2D eigenvalue weighted by Crippen LogP contribution is 2.33. The summed E-state index contributed by atoms with van der Waals surface area (Å²) in [6.07, 6.45) is 1.97. The number of carbonyl (C=O) groups excluding carboxylic acids is 1. The van der Waals surface area contributed by atoms with Crippen molar-refractivity contribution in [2.24, 2.45) is 0 Å². The molecule has 4 aromatic rings. The first-order chi connectivity index (χ1) is 17.8. The average Bonchev–Trinajstić information content (AvgIpc) is 3.55. The number of nitrogens with zero attached hydrogens (tertiary/aromatic N) is 3. The van der Waals surface area contributed by atoms with E-state index in [2.05, 4.69) is 15.6 Å². The van der Waals surface area contributed by atoms with Crippen LogP contribution in [0.5, 0.6) is 0 Å². The van der Waals surface area contributed by atoms with Gasteiger partial charge in [0.1, 0.15) is 11.2 Å². The maximum atomic E-state index is 12.8. The van der Waals surface area contributed by atoms with E-state index in [0.717, 1.165) is 37.1 Å². The summed E-state index contributed by atoms with van der Waals surface area (Å²) in [5.41, 5.74) is 4.04. The van der Waals surface area contributed by atoms with E-state index in [0.29, 0.717) is 33.4 Å². The molecule has 2 heterocycles. The van der Waals surface area contributed by atoms with Crippen LogP contribution in [-0.2, 0) is 0 Å². The van der Waals surface area contributed by atoms with Gasteiger partial charge in [-0.3, -0.25) is 20.2 Å². The van der Waals surface area contributed by atoms with Crippen molar-refractivity contribution < 1.29 is 14.1 Å². The second-order valence-electron chi connectivity index (χ2n) is 8.67. The molecule has 0 saturated carbocycles. The van der Waals surface area contributed by atoms with Crippen molar-refractivity contribution >= 4 is 63.0 Å². The third-order valence-corrected chi connectivity index (χ3v) is 6.71. The zero-order chi connectivity index (χ0) is 26.1. The molecule has 37 heavy (non-hydrogen) atoms. The Morgan fingerprint density at radius 2 is 1.95 bits per heavy atom. The van der Waals surface area contributed by atoms with E-state index in [1.807, 2.05) is 30.0 Å². The fourth-order valence-electron chi connectivity index (χ4n) is 4.38. The molecular formula is C26H22ClN5O4S. The largest absolute Gasteiger partial charge is 0.436 e. The molecule has 0 aliphatic carbocycles. The summed E-state index contributed by atoms with van der Waals surface area (Å²) in [6, 6.07) is 15.2. The zero-order valence-electron chi connectivity index (χ0n) is 19.8. The quantitative estimate of drug-likeness (QED) is 0.179. The van der Waals surface area contributed by atoms with Crippen LogP contribution in [0.1, 0.15) is 28.8 Å². The maximum Gasteiger partial charge on any atom is 0.293 e. The van der Waals surface area contributed by atoms with Gasteiger partial charge in [0.2, 0.25) is 5.89 Å². The molecule has 1 aliphatic rings. The predicted molar refractivity (Wildman–Crippen MR) is 147 cm³/mol. The Bertz CT molecular complexity index is 1550. The molecule has 5 rings (SSSR count). The summed E-state index contributed by atoms with van der Waals surface area (Å²) in [5, 5.41) is 17.9. The van der Waals surface area contributed by atoms with Crippen molar-refractivity contribution in [2.75, 3.05) is 23.3 Å². The van der Waals surface area contributed by atoms with Gasteiger partial charge in [0.15, 0.2) is 10.7 Å². The molecule has 0 spiro atoms. The second kappa shape index (κ2) is 10.2. The monoisotopic (exact) mass is 535 g/mol. The summed E-state index contributed by atoms with van der Waals surface area (Å²) >= 11 is 11.4. The number of rotatable bonds is 5. The minimum absolute atomic E-state index is 0.0564. The molecular weight excluding hydrogens is 514 g/mol. The van der Waals surface area contributed by atoms with Crippen molar-refractivity contribution in [1.82, 2.24) is 10.3 Å². The fraction of sp³-hybridized carbons (Fsp3) is 0.192. The Kier molecular flexibility index (Phi) is 6.77. The Balaban J connectivity index is 1.32. The maximum absolute atomic E-state index is 12.8. The third-order valence-electron chi connectivity index (χ3n) is 6.27. The van der Waals surface area contributed by atoms with Gasteiger partial charge in [-0.15, -0.1) is 0 Å². The Morgan fingerprint density at radius 1 is 1.16 bits per heavy atom. The van der Waals surface area contributed by atoms with Gasteiger partial charge in [0.25, 0.3) is 11.6 Å². The molecule has 1 aromatic heterocycles. The number of oxazole rings is 1. The molecule has 0 atom stereocenters. The second-order valence-corrected chi connectivity index (χ2v) is 9.52. The van der Waals surface area contributed by atoms with Gasteiger partial charge in [0, 0.05) is 41.0 Å². The predicted octanol–water partition coefficient (Wildman–Crippen LogP) is 6.09. The highest BCUT2D eigenvalue weighted by atomic mass is 35.5. The first-order valence-corrected chi connectivity index (χ1v) is 12.4. The molecule has 0 unspecified atom stereocenters. The van der Waals surface area contributed by atoms with E-state index in [1.165, 1.54) is 6.07 Å². The molecule has 1 saturated heterocycles. The Hall–Kier alpha value is -4.02. The van der Waals surface area contributed by atoms with Crippen molar-refractivity contribution in [3.05, 3.63) is 80.9 Å². The number of nitrogens with one attached hydrogen (secondary N) is 2. The zero-order valence-corrected chi connectivity index (χ0v) is 21.4. The molecule has 0 bridgehead atoms. The molecule has 11 heteroatoms. The SMILES string of the molecule is Cc1c(NC(=S)NC(=O)c2ccc(N3CCCC3)c([N+](=O)[O-])c2)cccc1-c1nc2cc(Cl)ccc2o1. The minimum Gasteiger partial charge on any atom is -0.436 e. The van der Waals surface area contributed by atoms with Crippen molar-refractivity contribution in [2.45, 2.75) is 19.8 Å². The molecule has 9 nitrogen and oxygen atoms in total. The van der Waals surface area contributed by atoms with Crippen LogP contribution in [0.15, 0.2) is 59.0 Å². The molecule has 2 N–H and O–H groups in total. The first kappa shape index (κ1) is 24.7. The highest BCUT2D eigenvalue weighted by Gasteiger charge is 2.24. The number of hydrogen-bond acceptors (Lipinski definition) is 7. The number of anilines is 2. The van der Waals surface area contributed by atoms with Crippen LogP contribution in [0.2, 0.25) is 5.02 Å². The number of nitro groups is 1. The molecule has 0 radical (unpaired) electrons.